The highest BCUT2D eigenvalue weighted by Crippen LogP contribution is 2.18. The van der Waals surface area contributed by atoms with Crippen molar-refractivity contribution in [3.63, 3.8) is 0 Å². The van der Waals surface area contributed by atoms with Crippen molar-refractivity contribution in [1.82, 2.24) is 10.3 Å². The maximum Gasteiger partial charge on any atom is 0.251 e. The van der Waals surface area contributed by atoms with Crippen LogP contribution in [0.1, 0.15) is 35.3 Å². The molecule has 0 bridgehead atoms. The Morgan fingerprint density at radius 3 is 2.63 bits per heavy atom. The highest BCUT2D eigenvalue weighted by Gasteiger charge is 2.23. The van der Waals surface area contributed by atoms with E-state index in [1.54, 1.807) is 7.11 Å². The molecular weight excluding hydrogens is 342 g/mol. The number of ether oxygens (including phenoxy) is 2. The molecule has 0 spiro atoms. The fourth-order valence-electron chi connectivity index (χ4n) is 3.37. The van der Waals surface area contributed by atoms with Crippen molar-refractivity contribution in [1.29, 1.82) is 0 Å². The number of carbonyl (C=O) groups is 1. The number of morpholine rings is 1. The van der Waals surface area contributed by atoms with Crippen LogP contribution in [0.15, 0.2) is 42.6 Å². The SMILES string of the molecule is COCc1ccccc1C(=O)NCc1ccc(N2CC(C)OC(C)C2)nc1. The van der Waals surface area contributed by atoms with Crippen LogP contribution in [0.4, 0.5) is 5.82 Å². The maximum atomic E-state index is 12.5. The van der Waals surface area contributed by atoms with Gasteiger partial charge in [0.15, 0.2) is 0 Å². The lowest BCUT2D eigenvalue weighted by Crippen LogP contribution is -2.45. The monoisotopic (exact) mass is 369 g/mol. The molecule has 1 fully saturated rings. The molecule has 1 aromatic heterocycles. The van der Waals surface area contributed by atoms with Gasteiger partial charge in [0.2, 0.25) is 0 Å². The molecule has 1 N–H and O–H groups in total. The van der Waals surface area contributed by atoms with Gasteiger partial charge in [0.05, 0.1) is 18.8 Å². The number of amides is 1. The molecule has 1 saturated heterocycles. The number of rotatable bonds is 6. The van der Waals surface area contributed by atoms with Crippen LogP contribution in [0.25, 0.3) is 0 Å². The first-order valence-corrected chi connectivity index (χ1v) is 9.27. The van der Waals surface area contributed by atoms with E-state index in [2.05, 4.69) is 29.0 Å². The molecule has 1 amide bonds. The first kappa shape index (κ1) is 19.3. The lowest BCUT2D eigenvalue weighted by atomic mass is 10.1. The summed E-state index contributed by atoms with van der Waals surface area (Å²) in [5.74, 6) is 0.833. The highest BCUT2D eigenvalue weighted by atomic mass is 16.5. The van der Waals surface area contributed by atoms with Crippen LogP contribution >= 0.6 is 0 Å². The summed E-state index contributed by atoms with van der Waals surface area (Å²) in [6.07, 6.45) is 2.21. The molecule has 2 aromatic rings. The van der Waals surface area contributed by atoms with Crippen molar-refractivity contribution in [2.45, 2.75) is 39.2 Å². The number of nitrogens with one attached hydrogen (secondary N) is 1. The lowest BCUT2D eigenvalue weighted by molar-refractivity contribution is -0.00546. The first-order valence-electron chi connectivity index (χ1n) is 9.27. The van der Waals surface area contributed by atoms with Gasteiger partial charge >= 0.3 is 0 Å². The second-order valence-electron chi connectivity index (χ2n) is 6.96. The van der Waals surface area contributed by atoms with Gasteiger partial charge in [-0.05, 0) is 37.1 Å². The van der Waals surface area contributed by atoms with E-state index in [1.165, 1.54) is 0 Å². The molecule has 1 aliphatic heterocycles. The summed E-state index contributed by atoms with van der Waals surface area (Å²) in [5.41, 5.74) is 2.48. The lowest BCUT2D eigenvalue weighted by Gasteiger charge is -2.36. The van der Waals surface area contributed by atoms with Gasteiger partial charge in [-0.3, -0.25) is 4.79 Å². The molecule has 1 aromatic carbocycles. The van der Waals surface area contributed by atoms with Crippen LogP contribution in [-0.4, -0.2) is 43.3 Å². The largest absolute Gasteiger partial charge is 0.380 e. The second kappa shape index (κ2) is 8.97. The highest BCUT2D eigenvalue weighted by molar-refractivity contribution is 5.95. The standard InChI is InChI=1S/C21H27N3O3/c1-15-12-24(13-16(2)27-15)20-9-8-17(10-22-20)11-23-21(25)19-7-5-4-6-18(19)14-26-3/h4-10,15-16H,11-14H2,1-3H3,(H,23,25). The molecule has 6 heteroatoms. The molecule has 3 rings (SSSR count). The zero-order valence-electron chi connectivity index (χ0n) is 16.1. The average Bonchev–Trinajstić information content (AvgIpc) is 2.66. The summed E-state index contributed by atoms with van der Waals surface area (Å²) < 4.78 is 10.9. The van der Waals surface area contributed by atoms with Crippen molar-refractivity contribution in [2.75, 3.05) is 25.1 Å². The first-order chi connectivity index (χ1) is 13.1. The number of benzene rings is 1. The summed E-state index contributed by atoms with van der Waals surface area (Å²) >= 11 is 0. The summed E-state index contributed by atoms with van der Waals surface area (Å²) in [5, 5.41) is 2.96. The van der Waals surface area contributed by atoms with Gasteiger partial charge in [-0.25, -0.2) is 4.98 Å². The molecular formula is C21H27N3O3. The van der Waals surface area contributed by atoms with Gasteiger partial charge in [0, 0.05) is 38.5 Å². The Labute approximate surface area is 160 Å². The molecule has 27 heavy (non-hydrogen) atoms. The predicted octanol–water partition coefficient (Wildman–Crippen LogP) is 2.77. The van der Waals surface area contributed by atoms with Crippen molar-refractivity contribution in [2.24, 2.45) is 0 Å². The molecule has 2 atom stereocenters. The van der Waals surface area contributed by atoms with Crippen molar-refractivity contribution in [3.05, 3.63) is 59.3 Å². The third kappa shape index (κ3) is 5.05. The summed E-state index contributed by atoms with van der Waals surface area (Å²) in [6, 6.07) is 11.5. The van der Waals surface area contributed by atoms with Gasteiger partial charge in [-0.15, -0.1) is 0 Å². The van der Waals surface area contributed by atoms with Crippen LogP contribution in [0, 0.1) is 0 Å². The van der Waals surface area contributed by atoms with Gasteiger partial charge in [0.1, 0.15) is 5.82 Å². The van der Waals surface area contributed by atoms with Crippen LogP contribution in [0.3, 0.4) is 0 Å². The third-order valence-electron chi connectivity index (χ3n) is 4.57. The van der Waals surface area contributed by atoms with Crippen LogP contribution < -0.4 is 10.2 Å². The molecule has 2 unspecified atom stereocenters. The van der Waals surface area contributed by atoms with E-state index in [1.807, 2.05) is 42.6 Å². The number of pyridine rings is 1. The van der Waals surface area contributed by atoms with E-state index >= 15 is 0 Å². The fraction of sp³-hybridized carbons (Fsp3) is 0.429. The van der Waals surface area contributed by atoms with Crippen LogP contribution in [0.5, 0.6) is 0 Å². The van der Waals surface area contributed by atoms with Gasteiger partial charge in [-0.1, -0.05) is 24.3 Å². The van der Waals surface area contributed by atoms with Crippen molar-refractivity contribution >= 4 is 11.7 Å². The molecule has 144 valence electrons. The Hall–Kier alpha value is -2.44. The van der Waals surface area contributed by atoms with Gasteiger partial charge < -0.3 is 19.7 Å². The minimum atomic E-state index is -0.109. The number of carbonyl (C=O) groups excluding carboxylic acids is 1. The minimum absolute atomic E-state index is 0.109. The van der Waals surface area contributed by atoms with E-state index in [0.717, 1.165) is 30.0 Å². The Kier molecular flexibility index (Phi) is 6.42. The molecule has 1 aliphatic rings. The van der Waals surface area contributed by atoms with E-state index in [0.29, 0.717) is 18.7 Å². The third-order valence-corrected chi connectivity index (χ3v) is 4.57. The van der Waals surface area contributed by atoms with Crippen LogP contribution in [0.2, 0.25) is 0 Å². The molecule has 0 aliphatic carbocycles. The number of methoxy groups -OCH3 is 1. The Morgan fingerprint density at radius 2 is 1.96 bits per heavy atom. The van der Waals surface area contributed by atoms with E-state index in [4.69, 9.17) is 9.47 Å². The van der Waals surface area contributed by atoms with Crippen molar-refractivity contribution in [3.8, 4) is 0 Å². The van der Waals surface area contributed by atoms with E-state index in [-0.39, 0.29) is 18.1 Å². The van der Waals surface area contributed by atoms with Crippen LogP contribution in [-0.2, 0) is 22.6 Å². The normalized spacial score (nSPS) is 19.7. The Bertz CT molecular complexity index is 754. The topological polar surface area (TPSA) is 63.7 Å². The fourth-order valence-corrected chi connectivity index (χ4v) is 3.37. The Morgan fingerprint density at radius 1 is 1.22 bits per heavy atom. The Balaban J connectivity index is 1.60. The van der Waals surface area contributed by atoms with E-state index < -0.39 is 0 Å². The van der Waals surface area contributed by atoms with Gasteiger partial charge in [-0.2, -0.15) is 0 Å². The quantitative estimate of drug-likeness (QED) is 0.848. The number of aromatic nitrogens is 1. The zero-order chi connectivity index (χ0) is 19.2. The van der Waals surface area contributed by atoms with Crippen molar-refractivity contribution < 1.29 is 14.3 Å². The number of anilines is 1. The summed E-state index contributed by atoms with van der Waals surface area (Å²) in [7, 11) is 1.62. The number of hydrogen-bond donors (Lipinski definition) is 1. The molecule has 2 heterocycles. The second-order valence-corrected chi connectivity index (χ2v) is 6.96. The summed E-state index contributed by atoms with van der Waals surface area (Å²) in [4.78, 5) is 19.3. The van der Waals surface area contributed by atoms with Gasteiger partial charge in [0.25, 0.3) is 5.91 Å². The average molecular weight is 369 g/mol. The van der Waals surface area contributed by atoms with E-state index in [9.17, 15) is 4.79 Å². The number of nitrogens with zero attached hydrogens (tertiary/aromatic N) is 2. The predicted molar refractivity (Wildman–Crippen MR) is 105 cm³/mol. The molecule has 6 nitrogen and oxygen atoms in total. The summed E-state index contributed by atoms with van der Waals surface area (Å²) in [6.45, 7) is 6.68. The molecule has 0 saturated carbocycles. The maximum absolute atomic E-state index is 12.5. The minimum Gasteiger partial charge on any atom is -0.380 e. The zero-order valence-corrected chi connectivity index (χ0v) is 16.1. The smallest absolute Gasteiger partial charge is 0.251 e. The molecule has 0 radical (unpaired) electrons. The number of hydrogen-bond acceptors (Lipinski definition) is 5.